The van der Waals surface area contributed by atoms with Crippen LogP contribution in [0.3, 0.4) is 0 Å². The van der Waals surface area contributed by atoms with Crippen LogP contribution in [0.4, 0.5) is 0 Å². The van der Waals surface area contributed by atoms with Crippen LogP contribution in [0.1, 0.15) is 74.1 Å². The molecule has 0 heterocycles. The largest absolute Gasteiger partial charge is 0.462 e. The Morgan fingerprint density at radius 1 is 0.565 bits per heavy atom. The molecule has 2 fully saturated rings. The molecular weight excluding hydrogens is 725 g/mol. The first-order chi connectivity index (χ1) is 21.6. The summed E-state index contributed by atoms with van der Waals surface area (Å²) in [5.41, 5.74) is -0.904. The van der Waals surface area contributed by atoms with Gasteiger partial charge in [-0.15, -0.1) is 0 Å². The van der Waals surface area contributed by atoms with Gasteiger partial charge in [-0.05, 0) is 73.3 Å². The number of hydrogen-bond acceptors (Lipinski definition) is 8. The molecule has 0 radical (unpaired) electrons. The van der Waals surface area contributed by atoms with Crippen molar-refractivity contribution in [3.8, 4) is 11.5 Å². The van der Waals surface area contributed by atoms with Crippen LogP contribution in [-0.4, -0.2) is 37.1 Å². The molecule has 4 rings (SSSR count). The zero-order valence-corrected chi connectivity index (χ0v) is 29.9. The molecular formula is C32H32Cl6O8. The summed E-state index contributed by atoms with van der Waals surface area (Å²) in [7, 11) is 0. The molecule has 0 bridgehead atoms. The second-order valence-corrected chi connectivity index (χ2v) is 14.7. The van der Waals surface area contributed by atoms with E-state index in [2.05, 4.69) is 27.7 Å². The lowest BCUT2D eigenvalue weighted by molar-refractivity contribution is -0.156. The zero-order chi connectivity index (χ0) is 34.0. The fourth-order valence-corrected chi connectivity index (χ4v) is 7.46. The van der Waals surface area contributed by atoms with E-state index < -0.39 is 46.5 Å². The second-order valence-electron chi connectivity index (χ2n) is 12.3. The zero-order valence-electron chi connectivity index (χ0n) is 25.4. The average Bonchev–Trinajstić information content (AvgIpc) is 3.49. The van der Waals surface area contributed by atoms with Crippen molar-refractivity contribution in [3.63, 3.8) is 0 Å². The van der Waals surface area contributed by atoms with Gasteiger partial charge in [0.2, 0.25) is 0 Å². The van der Waals surface area contributed by atoms with Crippen LogP contribution in [0.2, 0.25) is 30.1 Å². The van der Waals surface area contributed by atoms with E-state index in [0.29, 0.717) is 23.7 Å². The smallest absolute Gasteiger partial charge is 0.423 e. The van der Waals surface area contributed by atoms with Crippen LogP contribution >= 0.6 is 69.6 Å². The molecule has 0 aromatic heterocycles. The van der Waals surface area contributed by atoms with Crippen molar-refractivity contribution >= 4 is 93.5 Å². The lowest BCUT2D eigenvalue weighted by atomic mass is 10.0. The lowest BCUT2D eigenvalue weighted by Crippen LogP contribution is -2.27. The Morgan fingerprint density at radius 3 is 1.17 bits per heavy atom. The van der Waals surface area contributed by atoms with Gasteiger partial charge in [0.05, 0.1) is 43.3 Å². The Labute approximate surface area is 297 Å². The minimum absolute atomic E-state index is 0.0941. The van der Waals surface area contributed by atoms with Crippen LogP contribution in [0.25, 0.3) is 0 Å². The van der Waals surface area contributed by atoms with Gasteiger partial charge in [0.25, 0.3) is 0 Å². The molecule has 0 N–H and O–H groups in total. The fourth-order valence-electron chi connectivity index (χ4n) is 6.02. The Morgan fingerprint density at radius 2 is 0.870 bits per heavy atom. The summed E-state index contributed by atoms with van der Waals surface area (Å²) in [6.45, 7) is 8.71. The highest BCUT2D eigenvalue weighted by molar-refractivity contribution is 6.47. The van der Waals surface area contributed by atoms with Crippen LogP contribution in [0.15, 0.2) is 12.1 Å². The summed E-state index contributed by atoms with van der Waals surface area (Å²) < 4.78 is 21.4. The summed E-state index contributed by atoms with van der Waals surface area (Å²) in [4.78, 5) is 52.3. The topological polar surface area (TPSA) is 105 Å². The first-order valence-electron chi connectivity index (χ1n) is 14.7. The van der Waals surface area contributed by atoms with E-state index in [0.717, 1.165) is 37.8 Å². The standard InChI is InChI=1S/C32H32Cl6O8/c1-13-5-17(6-14(13)2)11-43-29(39)23-25(37)19(33)9-21(35)27(23)45-31(41)32(42)46-28-22(36)10-20(34)26(38)24(28)30(40)44-12-18-7-15(3)16(4)8-18/h9-10,13-18H,5-8,11-12H2,1-4H3. The van der Waals surface area contributed by atoms with E-state index in [1.54, 1.807) is 0 Å². The molecule has 14 heteroatoms. The summed E-state index contributed by atoms with van der Waals surface area (Å²) in [5, 5.41) is -1.45. The highest BCUT2D eigenvalue weighted by Gasteiger charge is 2.34. The highest BCUT2D eigenvalue weighted by atomic mass is 35.5. The molecule has 46 heavy (non-hydrogen) atoms. The molecule has 2 aliphatic rings. The number of benzene rings is 2. The number of rotatable bonds is 8. The minimum Gasteiger partial charge on any atom is -0.462 e. The van der Waals surface area contributed by atoms with Gasteiger partial charge in [0.1, 0.15) is 11.1 Å². The van der Waals surface area contributed by atoms with Crippen LogP contribution in [-0.2, 0) is 19.1 Å². The van der Waals surface area contributed by atoms with Crippen molar-refractivity contribution in [2.24, 2.45) is 35.5 Å². The van der Waals surface area contributed by atoms with Crippen molar-refractivity contribution in [1.82, 2.24) is 0 Å². The molecule has 0 amide bonds. The van der Waals surface area contributed by atoms with Gasteiger partial charge >= 0.3 is 23.9 Å². The maximum absolute atomic E-state index is 13.2. The van der Waals surface area contributed by atoms with Crippen LogP contribution in [0, 0.1) is 35.5 Å². The van der Waals surface area contributed by atoms with Crippen molar-refractivity contribution in [3.05, 3.63) is 53.4 Å². The minimum atomic E-state index is -1.64. The third kappa shape index (κ3) is 8.37. The average molecular weight is 757 g/mol. The highest BCUT2D eigenvalue weighted by Crippen LogP contribution is 2.43. The maximum atomic E-state index is 13.2. The Hall–Kier alpha value is -1.94. The number of carbonyl (C=O) groups excluding carboxylic acids is 4. The molecule has 2 aromatic rings. The normalized spacial score (nSPS) is 24.0. The SMILES string of the molecule is CC1CC(COC(=O)c2c(Cl)c(Cl)cc(Cl)c2OC(=O)C(=O)Oc2c(Cl)cc(Cl)c(Cl)c2C(=O)OCC2CC(C)C(C)C2)CC1C. The predicted octanol–water partition coefficient (Wildman–Crippen LogP) is 9.80. The molecule has 250 valence electrons. The molecule has 2 saturated carbocycles. The number of halogens is 6. The second kappa shape index (κ2) is 15.5. The van der Waals surface area contributed by atoms with E-state index in [4.69, 9.17) is 88.6 Å². The van der Waals surface area contributed by atoms with Gasteiger partial charge in [-0.3, -0.25) is 0 Å². The van der Waals surface area contributed by atoms with Gasteiger partial charge in [0.15, 0.2) is 11.5 Å². The third-order valence-corrected chi connectivity index (χ3v) is 11.0. The van der Waals surface area contributed by atoms with E-state index in [1.807, 2.05) is 0 Å². The van der Waals surface area contributed by atoms with Gasteiger partial charge < -0.3 is 18.9 Å². The van der Waals surface area contributed by atoms with Gasteiger partial charge in [-0.1, -0.05) is 97.3 Å². The van der Waals surface area contributed by atoms with Gasteiger partial charge in [-0.2, -0.15) is 0 Å². The summed E-state index contributed by atoms with van der Waals surface area (Å²) >= 11 is 37.4. The summed E-state index contributed by atoms with van der Waals surface area (Å²) in [6.07, 6.45) is 3.49. The monoisotopic (exact) mass is 754 g/mol. The maximum Gasteiger partial charge on any atom is 0.423 e. The Balaban J connectivity index is 1.52. The van der Waals surface area contributed by atoms with Crippen molar-refractivity contribution in [2.75, 3.05) is 13.2 Å². The molecule has 0 saturated heterocycles. The van der Waals surface area contributed by atoms with E-state index >= 15 is 0 Å². The van der Waals surface area contributed by atoms with E-state index in [-0.39, 0.29) is 55.2 Å². The molecule has 4 atom stereocenters. The molecule has 0 aliphatic heterocycles. The van der Waals surface area contributed by atoms with Crippen molar-refractivity contribution in [1.29, 1.82) is 0 Å². The molecule has 2 aliphatic carbocycles. The predicted molar refractivity (Wildman–Crippen MR) is 177 cm³/mol. The van der Waals surface area contributed by atoms with Crippen molar-refractivity contribution in [2.45, 2.75) is 53.4 Å². The molecule has 8 nitrogen and oxygen atoms in total. The van der Waals surface area contributed by atoms with E-state index in [1.165, 1.54) is 0 Å². The number of esters is 4. The summed E-state index contributed by atoms with van der Waals surface area (Å²) in [5.74, 6) is -4.18. The fraction of sp³-hybridized carbons (Fsp3) is 0.500. The molecule has 4 unspecified atom stereocenters. The lowest BCUT2D eigenvalue weighted by Gasteiger charge is -2.17. The number of hydrogen-bond donors (Lipinski definition) is 0. The van der Waals surface area contributed by atoms with Gasteiger partial charge in [0, 0.05) is 0 Å². The van der Waals surface area contributed by atoms with Crippen LogP contribution in [0.5, 0.6) is 11.5 Å². The van der Waals surface area contributed by atoms with Gasteiger partial charge in [-0.25, -0.2) is 19.2 Å². The summed E-state index contributed by atoms with van der Waals surface area (Å²) in [6, 6.07) is 2.26. The first kappa shape index (κ1) is 36.9. The third-order valence-electron chi connectivity index (χ3n) is 8.88. The first-order valence-corrected chi connectivity index (χ1v) is 17.0. The quantitative estimate of drug-likeness (QED) is 0.114. The Kier molecular flexibility index (Phi) is 12.4. The van der Waals surface area contributed by atoms with E-state index in [9.17, 15) is 19.2 Å². The molecule has 0 spiro atoms. The number of ether oxygens (including phenoxy) is 4. The Bertz CT molecular complexity index is 1410. The molecule has 2 aromatic carbocycles. The number of carbonyl (C=O) groups is 4. The van der Waals surface area contributed by atoms with Crippen molar-refractivity contribution < 1.29 is 38.1 Å². The van der Waals surface area contributed by atoms with Crippen LogP contribution < -0.4 is 9.47 Å².